The van der Waals surface area contributed by atoms with E-state index in [1.807, 2.05) is 47.6 Å². The average Bonchev–Trinajstić information content (AvgIpc) is 3.21. The number of pyridine rings is 2. The Labute approximate surface area is 234 Å². The monoisotopic (exact) mass is 482 g/mol. The Balaban J connectivity index is 0.00000193. The van der Waals surface area contributed by atoms with E-state index < -0.39 is 7.75 Å². The molecule has 4 aromatic rings. The van der Waals surface area contributed by atoms with Gasteiger partial charge in [0.25, 0.3) is 0 Å². The van der Waals surface area contributed by atoms with Gasteiger partial charge in [0.2, 0.25) is 0 Å². The summed E-state index contributed by atoms with van der Waals surface area (Å²) in [5, 5.41) is 5.89. The van der Waals surface area contributed by atoms with E-state index in [1.54, 1.807) is 24.4 Å². The molecule has 4 rings (SSSR count). The molecule has 0 saturated heterocycles. The van der Waals surface area contributed by atoms with Crippen molar-refractivity contribution in [1.82, 2.24) is 15.1 Å². The van der Waals surface area contributed by atoms with Crippen molar-refractivity contribution in [3.05, 3.63) is 90.0 Å². The van der Waals surface area contributed by atoms with Crippen LogP contribution in [0.3, 0.4) is 0 Å². The number of hydrogen-bond donors (Lipinski definition) is 1. The van der Waals surface area contributed by atoms with Crippen molar-refractivity contribution < 1.29 is 82.7 Å². The number of ether oxygens (including phenoxy) is 1. The van der Waals surface area contributed by atoms with Gasteiger partial charge in [-0.1, -0.05) is 23.4 Å². The zero-order valence-electron chi connectivity index (χ0n) is 18.2. The minimum Gasteiger partial charge on any atom is -0.795 e. The molecule has 0 amide bonds. The van der Waals surface area contributed by atoms with Crippen LogP contribution in [0.15, 0.2) is 77.6 Å². The zero-order chi connectivity index (χ0) is 21.7. The fourth-order valence-corrected chi connectivity index (χ4v) is 3.34. The van der Waals surface area contributed by atoms with E-state index in [-0.39, 0.29) is 64.9 Å². The van der Waals surface area contributed by atoms with E-state index in [9.17, 15) is 14.4 Å². The molecule has 0 radical (unpaired) electrons. The molecule has 1 N–H and O–H groups in total. The number of rotatable bonds is 8. The topological polar surface area (TPSA) is 136 Å². The Morgan fingerprint density at radius 3 is 2.39 bits per heavy atom. The molecule has 0 aliphatic heterocycles. The van der Waals surface area contributed by atoms with Gasteiger partial charge in [-0.15, -0.1) is 0 Å². The van der Waals surface area contributed by atoms with E-state index >= 15 is 0 Å². The first-order chi connectivity index (χ1) is 15.0. The fourth-order valence-electron chi connectivity index (χ4n) is 2.90. The van der Waals surface area contributed by atoms with Gasteiger partial charge in [0.05, 0.1) is 17.0 Å². The van der Waals surface area contributed by atoms with Crippen molar-refractivity contribution in [3.8, 4) is 17.1 Å². The maximum Gasteiger partial charge on any atom is 1.00 e. The van der Waals surface area contributed by atoms with Crippen LogP contribution in [0.2, 0.25) is 0 Å². The molecule has 0 saturated carbocycles. The van der Waals surface area contributed by atoms with Crippen LogP contribution >= 0.6 is 7.75 Å². The molecule has 0 atom stereocenters. The normalized spacial score (nSPS) is 10.6. The third-order valence-electron chi connectivity index (χ3n) is 4.30. The molecule has 0 spiro atoms. The van der Waals surface area contributed by atoms with E-state index in [0.717, 1.165) is 17.0 Å². The van der Waals surface area contributed by atoms with Crippen LogP contribution in [0.4, 0.5) is 5.82 Å². The van der Waals surface area contributed by atoms with Crippen molar-refractivity contribution >= 4 is 13.6 Å². The number of anilines is 1. The number of benzene rings is 1. The van der Waals surface area contributed by atoms with Crippen molar-refractivity contribution in [3.63, 3.8) is 0 Å². The Morgan fingerprint density at radius 1 is 0.939 bits per heavy atom. The van der Waals surface area contributed by atoms with Crippen LogP contribution < -0.4 is 78.7 Å². The van der Waals surface area contributed by atoms with E-state index in [1.165, 1.54) is 6.20 Å². The number of nitrogens with zero attached hydrogens (tertiary/aromatic N) is 3. The Hall–Kier alpha value is -1.52. The summed E-state index contributed by atoms with van der Waals surface area (Å²) in [6, 6.07) is 18.1. The predicted molar refractivity (Wildman–Crippen MR) is 109 cm³/mol. The summed E-state index contributed by atoms with van der Waals surface area (Å²) < 4.78 is 22.1. The predicted octanol–water partition coefficient (Wildman–Crippen LogP) is -3.45. The Bertz CT molecular complexity index is 1200. The minimum atomic E-state index is -5.00. The van der Waals surface area contributed by atoms with Crippen molar-refractivity contribution in [2.24, 2.45) is 0 Å². The quantitative estimate of drug-likeness (QED) is 0.201. The first-order valence-corrected chi connectivity index (χ1v) is 10.8. The molecular weight excluding hydrogens is 465 g/mol. The first kappa shape index (κ1) is 27.7. The standard InChI is InChI=1S/C21H19N4O5P.2Na/c26-31(27,28)25-21-19(5-3-11-23-21)20-13-17(24-30-20)12-15-6-8-18(9-7-15)29-14-16-4-1-2-10-22-16;;/h1-11,13H,12,14H2,(H3,23,25,26,27,28);;/q;2*+1/p-2. The van der Waals surface area contributed by atoms with Gasteiger partial charge in [-0.05, 0) is 42.0 Å². The number of aromatic nitrogens is 3. The third-order valence-corrected chi connectivity index (χ3v) is 4.78. The van der Waals surface area contributed by atoms with Gasteiger partial charge in [0.1, 0.15) is 18.2 Å². The van der Waals surface area contributed by atoms with E-state index in [4.69, 9.17) is 9.26 Å². The summed E-state index contributed by atoms with van der Waals surface area (Å²) in [5.41, 5.74) is 2.79. The molecule has 12 heteroatoms. The molecule has 33 heavy (non-hydrogen) atoms. The van der Waals surface area contributed by atoms with Gasteiger partial charge >= 0.3 is 59.1 Å². The van der Waals surface area contributed by atoms with Crippen molar-refractivity contribution in [2.45, 2.75) is 13.0 Å². The molecular formula is C21H17N4Na2O5P. The second kappa shape index (κ2) is 12.8. The number of hydrogen-bond acceptors (Lipinski definition) is 8. The zero-order valence-corrected chi connectivity index (χ0v) is 23.1. The smallest absolute Gasteiger partial charge is 0.795 e. The molecule has 9 nitrogen and oxygen atoms in total. The largest absolute Gasteiger partial charge is 1.00 e. The summed E-state index contributed by atoms with van der Waals surface area (Å²) in [6.45, 7) is 0.383. The SMILES string of the molecule is O=P([O-])([O-])Nc1ncccc1-c1cc(Cc2ccc(OCc3ccccn3)cc2)no1.[Na+].[Na+]. The van der Waals surface area contributed by atoms with Gasteiger partial charge in [-0.25, -0.2) is 4.98 Å². The first-order valence-electron chi connectivity index (χ1n) is 9.29. The molecule has 3 heterocycles. The molecule has 0 aliphatic carbocycles. The summed E-state index contributed by atoms with van der Waals surface area (Å²) in [5.74, 6) is 0.920. The number of nitrogens with one attached hydrogen (secondary N) is 1. The van der Waals surface area contributed by atoms with Crippen molar-refractivity contribution in [1.29, 1.82) is 0 Å². The summed E-state index contributed by atoms with van der Waals surface area (Å²) >= 11 is 0. The van der Waals surface area contributed by atoms with Gasteiger partial charge < -0.3 is 28.7 Å². The molecule has 3 aromatic heterocycles. The fraction of sp³-hybridized carbons (Fsp3) is 0.0952. The van der Waals surface area contributed by atoms with E-state index in [0.29, 0.717) is 30.0 Å². The van der Waals surface area contributed by atoms with Crippen LogP contribution in [0.25, 0.3) is 11.3 Å². The average molecular weight is 482 g/mol. The molecule has 1 aromatic carbocycles. The summed E-state index contributed by atoms with van der Waals surface area (Å²) in [7, 11) is -5.00. The van der Waals surface area contributed by atoms with Crippen LogP contribution in [-0.2, 0) is 17.6 Å². The van der Waals surface area contributed by atoms with Gasteiger partial charge in [0.15, 0.2) is 5.76 Å². The molecule has 0 aliphatic rings. The molecule has 0 unspecified atom stereocenters. The second-order valence-electron chi connectivity index (χ2n) is 6.62. The van der Waals surface area contributed by atoms with Crippen LogP contribution in [0.5, 0.6) is 5.75 Å². The van der Waals surface area contributed by atoms with Gasteiger partial charge in [-0.2, -0.15) is 0 Å². The summed E-state index contributed by atoms with van der Waals surface area (Å²) in [6.07, 6.45) is 3.59. The Morgan fingerprint density at radius 2 is 1.70 bits per heavy atom. The maximum atomic E-state index is 11.0. The van der Waals surface area contributed by atoms with Gasteiger partial charge in [0, 0.05) is 32.6 Å². The van der Waals surface area contributed by atoms with E-state index in [2.05, 4.69) is 15.1 Å². The molecule has 158 valence electrons. The minimum absolute atomic E-state index is 0. The Kier molecular flexibility index (Phi) is 10.8. The summed E-state index contributed by atoms with van der Waals surface area (Å²) in [4.78, 5) is 30.2. The van der Waals surface area contributed by atoms with Crippen LogP contribution in [0.1, 0.15) is 17.0 Å². The van der Waals surface area contributed by atoms with Gasteiger partial charge in [-0.3, -0.25) is 4.98 Å². The third kappa shape index (κ3) is 8.33. The van der Waals surface area contributed by atoms with Crippen LogP contribution in [-0.4, -0.2) is 15.1 Å². The molecule has 0 bridgehead atoms. The second-order valence-corrected chi connectivity index (χ2v) is 7.84. The van der Waals surface area contributed by atoms with Crippen molar-refractivity contribution in [2.75, 3.05) is 5.09 Å². The molecule has 0 fully saturated rings. The maximum absolute atomic E-state index is 11.0. The van der Waals surface area contributed by atoms with Crippen LogP contribution in [0, 0.1) is 0 Å².